The smallest absolute Gasteiger partial charge is 0.416 e. The van der Waals surface area contributed by atoms with E-state index in [-0.39, 0.29) is 24.4 Å². The molecule has 0 heterocycles. The first-order chi connectivity index (χ1) is 10.8. The highest BCUT2D eigenvalue weighted by molar-refractivity contribution is 5.86. The standard InChI is InChI=1S/C16H16F3NO3/c17-16(18,19)10-3-1-2-9(6-10)12-7-13(12)15(23)20(8-14(21)22)11-4-5-11/h1-3,6,11-13H,4-5,7-8H2,(H,21,22). The maximum atomic E-state index is 12.8. The second-order valence-corrected chi connectivity index (χ2v) is 6.16. The Morgan fingerprint density at radius 3 is 2.52 bits per heavy atom. The number of halogens is 3. The predicted octanol–water partition coefficient (Wildman–Crippen LogP) is 2.88. The molecule has 1 aromatic carbocycles. The van der Waals surface area contributed by atoms with E-state index in [9.17, 15) is 22.8 Å². The fourth-order valence-corrected chi connectivity index (χ4v) is 2.91. The third-order valence-corrected chi connectivity index (χ3v) is 4.33. The lowest BCUT2D eigenvalue weighted by Crippen LogP contribution is -2.38. The minimum absolute atomic E-state index is 0.0265. The third kappa shape index (κ3) is 3.48. The molecule has 124 valence electrons. The number of carbonyl (C=O) groups is 2. The molecule has 0 spiro atoms. The zero-order valence-electron chi connectivity index (χ0n) is 12.2. The molecule has 0 saturated heterocycles. The molecule has 0 aliphatic heterocycles. The van der Waals surface area contributed by atoms with Crippen LogP contribution in [0.2, 0.25) is 0 Å². The molecular formula is C16H16F3NO3. The number of hydrogen-bond acceptors (Lipinski definition) is 2. The van der Waals surface area contributed by atoms with Gasteiger partial charge in [-0.15, -0.1) is 0 Å². The third-order valence-electron chi connectivity index (χ3n) is 4.33. The topological polar surface area (TPSA) is 57.6 Å². The Labute approximate surface area is 130 Å². The van der Waals surface area contributed by atoms with Crippen molar-refractivity contribution in [3.05, 3.63) is 35.4 Å². The van der Waals surface area contributed by atoms with Crippen molar-refractivity contribution in [1.29, 1.82) is 0 Å². The molecule has 2 fully saturated rings. The molecule has 1 aromatic rings. The number of carbonyl (C=O) groups excluding carboxylic acids is 1. The fraction of sp³-hybridized carbons (Fsp3) is 0.500. The summed E-state index contributed by atoms with van der Waals surface area (Å²) in [5, 5.41) is 8.90. The van der Waals surface area contributed by atoms with Gasteiger partial charge in [-0.05, 0) is 36.8 Å². The Morgan fingerprint density at radius 2 is 1.96 bits per heavy atom. The largest absolute Gasteiger partial charge is 0.480 e. The molecule has 7 heteroatoms. The van der Waals surface area contributed by atoms with E-state index in [1.54, 1.807) is 6.07 Å². The van der Waals surface area contributed by atoms with Gasteiger partial charge in [-0.1, -0.05) is 18.2 Å². The monoisotopic (exact) mass is 327 g/mol. The SMILES string of the molecule is O=C(O)CN(C(=O)C1CC1c1cccc(C(F)(F)F)c1)C1CC1. The summed E-state index contributed by atoms with van der Waals surface area (Å²) in [7, 11) is 0. The molecule has 23 heavy (non-hydrogen) atoms. The van der Waals surface area contributed by atoms with Crippen LogP contribution < -0.4 is 0 Å². The molecule has 1 amide bonds. The van der Waals surface area contributed by atoms with Crippen molar-refractivity contribution in [1.82, 2.24) is 4.90 Å². The number of amides is 1. The number of nitrogens with zero attached hydrogens (tertiary/aromatic N) is 1. The van der Waals surface area contributed by atoms with Crippen LogP contribution in [0.15, 0.2) is 24.3 Å². The number of aliphatic carboxylic acids is 1. The van der Waals surface area contributed by atoms with Crippen molar-refractivity contribution in [3.8, 4) is 0 Å². The average Bonchev–Trinajstić information content (AvgIpc) is 3.36. The quantitative estimate of drug-likeness (QED) is 0.905. The van der Waals surface area contributed by atoms with Gasteiger partial charge >= 0.3 is 12.1 Å². The summed E-state index contributed by atoms with van der Waals surface area (Å²) in [6.45, 7) is -0.338. The van der Waals surface area contributed by atoms with Gasteiger partial charge in [-0.25, -0.2) is 0 Å². The van der Waals surface area contributed by atoms with Crippen LogP contribution in [0.1, 0.15) is 36.3 Å². The highest BCUT2D eigenvalue weighted by Crippen LogP contribution is 2.50. The molecule has 2 aliphatic rings. The average molecular weight is 327 g/mol. The summed E-state index contributed by atoms with van der Waals surface area (Å²) < 4.78 is 38.3. The van der Waals surface area contributed by atoms with Crippen LogP contribution >= 0.6 is 0 Å². The van der Waals surface area contributed by atoms with E-state index < -0.39 is 23.6 Å². The predicted molar refractivity (Wildman–Crippen MR) is 74.7 cm³/mol. The normalized spacial score (nSPS) is 23.4. The van der Waals surface area contributed by atoms with Crippen LogP contribution in [0, 0.1) is 5.92 Å². The highest BCUT2D eigenvalue weighted by Gasteiger charge is 2.49. The minimum Gasteiger partial charge on any atom is -0.480 e. The molecule has 2 unspecified atom stereocenters. The molecule has 2 aliphatic carbocycles. The number of hydrogen-bond donors (Lipinski definition) is 1. The van der Waals surface area contributed by atoms with Gasteiger partial charge in [0.15, 0.2) is 0 Å². The van der Waals surface area contributed by atoms with Crippen molar-refractivity contribution in [3.63, 3.8) is 0 Å². The number of carboxylic acids is 1. The Morgan fingerprint density at radius 1 is 1.26 bits per heavy atom. The summed E-state index contributed by atoms with van der Waals surface area (Å²) in [5.74, 6) is -1.97. The maximum absolute atomic E-state index is 12.8. The Balaban J connectivity index is 1.71. The highest BCUT2D eigenvalue weighted by atomic mass is 19.4. The van der Waals surface area contributed by atoms with Gasteiger partial charge in [0.1, 0.15) is 6.54 Å². The molecule has 2 saturated carbocycles. The van der Waals surface area contributed by atoms with Crippen LogP contribution in [0.3, 0.4) is 0 Å². The van der Waals surface area contributed by atoms with Gasteiger partial charge in [-0.2, -0.15) is 13.2 Å². The number of alkyl halides is 3. The second-order valence-electron chi connectivity index (χ2n) is 6.16. The van der Waals surface area contributed by atoms with E-state index in [0.717, 1.165) is 25.0 Å². The summed E-state index contributed by atoms with van der Waals surface area (Å²) in [5.41, 5.74) is -0.234. The molecule has 0 radical (unpaired) electrons. The molecular weight excluding hydrogens is 311 g/mol. The van der Waals surface area contributed by atoms with Gasteiger partial charge in [0.2, 0.25) is 5.91 Å². The van der Waals surface area contributed by atoms with Crippen LogP contribution in [0.25, 0.3) is 0 Å². The van der Waals surface area contributed by atoms with Crippen LogP contribution in [-0.4, -0.2) is 34.5 Å². The molecule has 2 atom stereocenters. The molecule has 3 rings (SSSR count). The van der Waals surface area contributed by atoms with Crippen molar-refractivity contribution in [2.75, 3.05) is 6.54 Å². The second kappa shape index (κ2) is 5.54. The summed E-state index contributed by atoms with van der Waals surface area (Å²) in [6.07, 6.45) is -2.35. The van der Waals surface area contributed by atoms with Crippen molar-refractivity contribution in [2.24, 2.45) is 5.92 Å². The van der Waals surface area contributed by atoms with E-state index in [4.69, 9.17) is 5.11 Å². The van der Waals surface area contributed by atoms with E-state index in [0.29, 0.717) is 12.0 Å². The number of carboxylic acid groups (broad SMARTS) is 1. The summed E-state index contributed by atoms with van der Waals surface area (Å²) >= 11 is 0. The lowest BCUT2D eigenvalue weighted by molar-refractivity contribution is -0.145. The minimum atomic E-state index is -4.41. The first kappa shape index (κ1) is 15.8. The lowest BCUT2D eigenvalue weighted by Gasteiger charge is -2.20. The zero-order valence-corrected chi connectivity index (χ0v) is 12.2. The van der Waals surface area contributed by atoms with Crippen LogP contribution in [-0.2, 0) is 15.8 Å². The fourth-order valence-electron chi connectivity index (χ4n) is 2.91. The van der Waals surface area contributed by atoms with E-state index in [1.165, 1.54) is 11.0 Å². The first-order valence-corrected chi connectivity index (χ1v) is 7.47. The number of benzene rings is 1. The first-order valence-electron chi connectivity index (χ1n) is 7.47. The molecule has 1 N–H and O–H groups in total. The van der Waals surface area contributed by atoms with Gasteiger partial charge in [0.05, 0.1) is 5.56 Å². The van der Waals surface area contributed by atoms with Gasteiger partial charge in [-0.3, -0.25) is 9.59 Å². The molecule has 4 nitrogen and oxygen atoms in total. The van der Waals surface area contributed by atoms with Crippen molar-refractivity contribution < 1.29 is 27.9 Å². The zero-order chi connectivity index (χ0) is 16.8. The van der Waals surface area contributed by atoms with E-state index in [2.05, 4.69) is 0 Å². The Kier molecular flexibility index (Phi) is 3.82. The van der Waals surface area contributed by atoms with Crippen LogP contribution in [0.5, 0.6) is 0 Å². The van der Waals surface area contributed by atoms with E-state index in [1.807, 2.05) is 0 Å². The van der Waals surface area contributed by atoms with Crippen LogP contribution in [0.4, 0.5) is 13.2 Å². The maximum Gasteiger partial charge on any atom is 0.416 e. The van der Waals surface area contributed by atoms with Gasteiger partial charge in [0, 0.05) is 12.0 Å². The lowest BCUT2D eigenvalue weighted by atomic mass is 10.0. The molecule has 0 bridgehead atoms. The van der Waals surface area contributed by atoms with Crippen molar-refractivity contribution >= 4 is 11.9 Å². The van der Waals surface area contributed by atoms with Gasteiger partial charge < -0.3 is 10.0 Å². The summed E-state index contributed by atoms with van der Waals surface area (Å²) in [6, 6.07) is 4.99. The Hall–Kier alpha value is -2.05. The number of rotatable bonds is 5. The van der Waals surface area contributed by atoms with Gasteiger partial charge in [0.25, 0.3) is 0 Å². The Bertz CT molecular complexity index is 640. The molecule has 0 aromatic heterocycles. The van der Waals surface area contributed by atoms with E-state index >= 15 is 0 Å². The summed E-state index contributed by atoms with van der Waals surface area (Å²) in [4.78, 5) is 24.7. The van der Waals surface area contributed by atoms with Crippen molar-refractivity contribution in [2.45, 2.75) is 37.4 Å².